The number of carbonyl (C=O) groups excluding carboxylic acids is 1. The monoisotopic (exact) mass is 337 g/mol. The van der Waals surface area contributed by atoms with Crippen LogP contribution in [0, 0.1) is 5.82 Å². The number of hydrogen-bond acceptors (Lipinski definition) is 3. The van der Waals surface area contributed by atoms with E-state index in [-0.39, 0.29) is 17.3 Å². The smallest absolute Gasteiger partial charge is 0.265 e. The van der Waals surface area contributed by atoms with E-state index in [9.17, 15) is 14.3 Å². The molecule has 6 heteroatoms. The Morgan fingerprint density at radius 3 is 2.61 bits per heavy atom. The number of amides is 1. The van der Waals surface area contributed by atoms with Gasteiger partial charge in [0.2, 0.25) is 6.10 Å². The van der Waals surface area contributed by atoms with Crippen LogP contribution in [0.1, 0.15) is 18.6 Å². The normalized spacial score (nSPS) is 13.2. The molecule has 0 heterocycles. The van der Waals surface area contributed by atoms with Gasteiger partial charge in [-0.25, -0.2) is 4.39 Å². The van der Waals surface area contributed by atoms with Gasteiger partial charge in [-0.3, -0.25) is 4.79 Å². The molecule has 0 aliphatic carbocycles. The first-order valence-electron chi connectivity index (χ1n) is 7.10. The van der Waals surface area contributed by atoms with Crippen LogP contribution in [0.3, 0.4) is 0 Å². The summed E-state index contributed by atoms with van der Waals surface area (Å²) in [5.74, 6) is -0.705. The second kappa shape index (κ2) is 7.94. The van der Waals surface area contributed by atoms with Crippen molar-refractivity contribution in [2.45, 2.75) is 19.1 Å². The van der Waals surface area contributed by atoms with Gasteiger partial charge in [-0.1, -0.05) is 41.9 Å². The van der Waals surface area contributed by atoms with Gasteiger partial charge in [0.05, 0.1) is 11.1 Å². The lowest BCUT2D eigenvalue weighted by Crippen LogP contribution is -2.36. The van der Waals surface area contributed by atoms with Crippen LogP contribution in [-0.2, 0) is 4.79 Å². The molecular weight excluding hydrogens is 321 g/mol. The summed E-state index contributed by atoms with van der Waals surface area (Å²) in [5.41, 5.74) is 0.621. The predicted molar refractivity (Wildman–Crippen MR) is 85.9 cm³/mol. The topological polar surface area (TPSA) is 58.6 Å². The first kappa shape index (κ1) is 17.2. The van der Waals surface area contributed by atoms with Crippen molar-refractivity contribution in [3.63, 3.8) is 0 Å². The maximum Gasteiger partial charge on any atom is 0.265 e. The second-order valence-electron chi connectivity index (χ2n) is 5.08. The van der Waals surface area contributed by atoms with Gasteiger partial charge >= 0.3 is 0 Å². The highest BCUT2D eigenvalue weighted by atomic mass is 35.5. The van der Waals surface area contributed by atoms with Gasteiger partial charge in [-0.2, -0.15) is 0 Å². The highest BCUT2D eigenvalue weighted by Gasteiger charge is 2.23. The molecule has 2 atom stereocenters. The van der Waals surface area contributed by atoms with E-state index >= 15 is 0 Å². The average molecular weight is 338 g/mol. The molecule has 2 rings (SSSR count). The molecule has 2 N–H and O–H groups in total. The van der Waals surface area contributed by atoms with Crippen LogP contribution in [-0.4, -0.2) is 23.7 Å². The molecule has 0 saturated heterocycles. The minimum Gasteiger partial charge on any atom is -0.474 e. The van der Waals surface area contributed by atoms with Crippen LogP contribution in [0.5, 0.6) is 5.75 Å². The third-order valence-corrected chi connectivity index (χ3v) is 3.35. The number of benzene rings is 2. The van der Waals surface area contributed by atoms with Crippen molar-refractivity contribution in [2.75, 3.05) is 6.54 Å². The summed E-state index contributed by atoms with van der Waals surface area (Å²) in [4.78, 5) is 12.4. The first-order chi connectivity index (χ1) is 11.0. The Balaban J connectivity index is 2.24. The molecule has 1 amide bonds. The SMILES string of the molecule is CC(O)CNC(=O)C(Oc1ccc(F)cc1Cl)c1ccccc1. The first-order valence-corrected chi connectivity index (χ1v) is 7.47. The molecule has 0 radical (unpaired) electrons. The molecule has 0 fully saturated rings. The summed E-state index contributed by atoms with van der Waals surface area (Å²) >= 11 is 5.96. The lowest BCUT2D eigenvalue weighted by Gasteiger charge is -2.20. The number of halogens is 2. The Labute approximate surface area is 138 Å². The van der Waals surface area contributed by atoms with Crippen molar-refractivity contribution in [2.24, 2.45) is 0 Å². The van der Waals surface area contributed by atoms with Crippen molar-refractivity contribution < 1.29 is 19.0 Å². The van der Waals surface area contributed by atoms with Crippen LogP contribution in [0.2, 0.25) is 5.02 Å². The third kappa shape index (κ3) is 4.94. The number of aliphatic hydroxyl groups is 1. The fourth-order valence-corrected chi connectivity index (χ4v) is 2.15. The van der Waals surface area contributed by atoms with Crippen molar-refractivity contribution in [3.8, 4) is 5.75 Å². The lowest BCUT2D eigenvalue weighted by molar-refractivity contribution is -0.128. The van der Waals surface area contributed by atoms with Gasteiger partial charge in [0, 0.05) is 12.1 Å². The van der Waals surface area contributed by atoms with E-state index in [0.29, 0.717) is 5.56 Å². The maximum absolute atomic E-state index is 13.1. The van der Waals surface area contributed by atoms with Gasteiger partial charge in [0.15, 0.2) is 0 Å². The van der Waals surface area contributed by atoms with E-state index in [1.54, 1.807) is 31.2 Å². The quantitative estimate of drug-likeness (QED) is 0.851. The molecule has 2 aromatic rings. The summed E-state index contributed by atoms with van der Waals surface area (Å²) in [6, 6.07) is 12.5. The molecule has 0 aliphatic rings. The van der Waals surface area contributed by atoms with Gasteiger partial charge in [0.1, 0.15) is 11.6 Å². The zero-order chi connectivity index (χ0) is 16.8. The Morgan fingerprint density at radius 1 is 1.30 bits per heavy atom. The minimum atomic E-state index is -0.960. The highest BCUT2D eigenvalue weighted by Crippen LogP contribution is 2.29. The predicted octanol–water partition coefficient (Wildman–Crippen LogP) is 3.10. The van der Waals surface area contributed by atoms with Gasteiger partial charge < -0.3 is 15.2 Å². The summed E-state index contributed by atoms with van der Waals surface area (Å²) < 4.78 is 18.8. The van der Waals surface area contributed by atoms with E-state index in [0.717, 1.165) is 6.07 Å². The molecule has 0 spiro atoms. The Kier molecular flexibility index (Phi) is 5.96. The van der Waals surface area contributed by atoms with Crippen LogP contribution in [0.25, 0.3) is 0 Å². The number of hydrogen-bond donors (Lipinski definition) is 2. The van der Waals surface area contributed by atoms with E-state index in [1.165, 1.54) is 12.1 Å². The van der Waals surface area contributed by atoms with E-state index < -0.39 is 23.9 Å². The Morgan fingerprint density at radius 2 is 2.00 bits per heavy atom. The fraction of sp³-hybridized carbons (Fsp3) is 0.235. The minimum absolute atomic E-state index is 0.0780. The molecule has 0 bridgehead atoms. The van der Waals surface area contributed by atoms with Crippen molar-refractivity contribution >= 4 is 17.5 Å². The van der Waals surface area contributed by atoms with Crippen molar-refractivity contribution in [3.05, 3.63) is 64.9 Å². The van der Waals surface area contributed by atoms with Gasteiger partial charge in [-0.15, -0.1) is 0 Å². The fourth-order valence-electron chi connectivity index (χ4n) is 1.94. The largest absolute Gasteiger partial charge is 0.474 e. The van der Waals surface area contributed by atoms with Crippen LogP contribution in [0.15, 0.2) is 48.5 Å². The van der Waals surface area contributed by atoms with Crippen molar-refractivity contribution in [1.82, 2.24) is 5.32 Å². The van der Waals surface area contributed by atoms with Crippen LogP contribution < -0.4 is 10.1 Å². The second-order valence-corrected chi connectivity index (χ2v) is 5.48. The van der Waals surface area contributed by atoms with Crippen molar-refractivity contribution in [1.29, 1.82) is 0 Å². The summed E-state index contributed by atoms with van der Waals surface area (Å²) in [5, 5.41) is 12.0. The number of ether oxygens (including phenoxy) is 1. The molecule has 122 valence electrons. The molecular formula is C17H17ClFNO3. The number of nitrogens with one attached hydrogen (secondary N) is 1. The number of aliphatic hydroxyl groups excluding tert-OH is 1. The van der Waals surface area contributed by atoms with E-state index in [4.69, 9.17) is 16.3 Å². The standard InChI is InChI=1S/C17H17ClFNO3/c1-11(21)10-20-17(22)16(12-5-3-2-4-6-12)23-15-8-7-13(19)9-14(15)18/h2-9,11,16,21H,10H2,1H3,(H,20,22). The summed E-state index contributed by atoms with van der Waals surface area (Å²) in [6.45, 7) is 1.66. The van der Waals surface area contributed by atoms with E-state index in [1.807, 2.05) is 6.07 Å². The molecule has 4 nitrogen and oxygen atoms in total. The zero-order valence-electron chi connectivity index (χ0n) is 12.5. The number of rotatable bonds is 6. The maximum atomic E-state index is 13.1. The highest BCUT2D eigenvalue weighted by molar-refractivity contribution is 6.32. The lowest BCUT2D eigenvalue weighted by atomic mass is 10.1. The van der Waals surface area contributed by atoms with Crippen LogP contribution in [0.4, 0.5) is 4.39 Å². The molecule has 2 aromatic carbocycles. The number of carbonyl (C=O) groups is 1. The molecule has 23 heavy (non-hydrogen) atoms. The van der Waals surface area contributed by atoms with Gasteiger partial charge in [-0.05, 0) is 25.1 Å². The summed E-state index contributed by atoms with van der Waals surface area (Å²) in [7, 11) is 0. The average Bonchev–Trinajstić information content (AvgIpc) is 2.52. The third-order valence-electron chi connectivity index (χ3n) is 3.05. The van der Waals surface area contributed by atoms with E-state index in [2.05, 4.69) is 5.32 Å². The molecule has 2 unspecified atom stereocenters. The zero-order valence-corrected chi connectivity index (χ0v) is 13.3. The van der Waals surface area contributed by atoms with Gasteiger partial charge in [0.25, 0.3) is 5.91 Å². The summed E-state index contributed by atoms with van der Waals surface area (Å²) in [6.07, 6.45) is -1.64. The Bertz CT molecular complexity index is 664. The molecule has 0 aliphatic heterocycles. The Hall–Kier alpha value is -2.11. The van der Waals surface area contributed by atoms with Crippen LogP contribution >= 0.6 is 11.6 Å². The molecule has 0 saturated carbocycles. The molecule has 0 aromatic heterocycles.